The molecule has 2 aliphatic rings. The van der Waals surface area contributed by atoms with E-state index in [0.29, 0.717) is 12.8 Å². The number of ether oxygens (including phenoxy) is 4. The maximum Gasteiger partial charge on any atom is 0.220 e. The first-order valence-corrected chi connectivity index (χ1v) is 41.2. The molecule has 0 spiro atoms. The van der Waals surface area contributed by atoms with Crippen molar-refractivity contribution in [3.8, 4) is 0 Å². The van der Waals surface area contributed by atoms with Gasteiger partial charge < -0.3 is 65.1 Å². The van der Waals surface area contributed by atoms with Crippen LogP contribution in [0.1, 0.15) is 386 Å². The van der Waals surface area contributed by atoms with E-state index in [1.165, 1.54) is 321 Å². The molecule has 0 aromatic heterocycles. The maximum atomic E-state index is 13.4. The summed E-state index contributed by atoms with van der Waals surface area (Å²) in [5.74, 6) is -0.241. The van der Waals surface area contributed by atoms with Crippen LogP contribution in [0, 0.1) is 0 Å². The van der Waals surface area contributed by atoms with Crippen LogP contribution < -0.4 is 5.32 Å². The largest absolute Gasteiger partial charge is 0.394 e. The van der Waals surface area contributed by atoms with Crippen LogP contribution >= 0.6 is 0 Å². The van der Waals surface area contributed by atoms with Crippen LogP contribution in [-0.4, -0.2) is 140 Å². The maximum absolute atomic E-state index is 13.4. The zero-order valence-electron chi connectivity index (χ0n) is 62.1. The molecule has 1 amide bonds. The summed E-state index contributed by atoms with van der Waals surface area (Å²) in [7, 11) is 0. The van der Waals surface area contributed by atoms with Gasteiger partial charge in [-0.25, -0.2) is 0 Å². The molecule has 2 rings (SSSR count). The Labute approximate surface area is 589 Å². The van der Waals surface area contributed by atoms with E-state index in [0.717, 1.165) is 32.1 Å². The second-order valence-corrected chi connectivity index (χ2v) is 29.2. The van der Waals surface area contributed by atoms with Gasteiger partial charge in [-0.2, -0.15) is 0 Å². The van der Waals surface area contributed by atoms with Crippen molar-refractivity contribution in [2.45, 2.75) is 460 Å². The zero-order chi connectivity index (χ0) is 69.4. The SMILES string of the molecule is CCCCCCCCCC/C=C\CCCCCCCCCCCCCCCCCCCCCCCC(=O)NC(COC1OC(CO)C(OC2OC(CO)C(O)C(O)C2O)C(O)C1O)C(O)/C=C/CC/C=C/CCCCCCCCCCCCCCCCCCCCCCCCC. The quantitative estimate of drug-likeness (QED) is 0.0204. The van der Waals surface area contributed by atoms with Crippen molar-refractivity contribution in [1.82, 2.24) is 5.32 Å². The number of carbonyl (C=O) groups is 1. The Hall–Kier alpha value is -1.79. The Morgan fingerprint density at radius 1 is 0.365 bits per heavy atom. The van der Waals surface area contributed by atoms with Crippen LogP contribution in [-0.2, 0) is 23.7 Å². The van der Waals surface area contributed by atoms with Gasteiger partial charge in [0, 0.05) is 6.42 Å². The van der Waals surface area contributed by atoms with Crippen LogP contribution in [0.25, 0.3) is 0 Å². The Kier molecular flexibility index (Phi) is 62.5. The number of amides is 1. The molecule has 0 bridgehead atoms. The lowest BCUT2D eigenvalue weighted by Crippen LogP contribution is -2.65. The minimum absolute atomic E-state index is 0.241. The molecule has 14 heteroatoms. The van der Waals surface area contributed by atoms with Crippen molar-refractivity contribution >= 4 is 5.91 Å². The molecule has 0 aromatic carbocycles. The van der Waals surface area contributed by atoms with Gasteiger partial charge in [0.2, 0.25) is 5.91 Å². The van der Waals surface area contributed by atoms with Gasteiger partial charge in [-0.15, -0.1) is 0 Å². The fraction of sp³-hybridized carbons (Fsp3) is 0.915. The highest BCUT2D eigenvalue weighted by atomic mass is 16.7. The summed E-state index contributed by atoms with van der Waals surface area (Å²) in [6.07, 6.45) is 71.0. The molecular formula is C82H155NO13. The monoisotopic (exact) mass is 1360 g/mol. The normalized spacial score (nSPS) is 22.4. The molecule has 2 aliphatic heterocycles. The molecule has 0 radical (unpaired) electrons. The summed E-state index contributed by atoms with van der Waals surface area (Å²) in [6.45, 7) is 2.85. The number of rotatable bonds is 70. The molecule has 0 aromatic rings. The summed E-state index contributed by atoms with van der Waals surface area (Å²) in [6, 6.07) is -0.932. The number of carbonyl (C=O) groups excluding carboxylic acids is 1. The summed E-state index contributed by atoms with van der Waals surface area (Å²) >= 11 is 0. The molecule has 12 unspecified atom stereocenters. The lowest BCUT2D eigenvalue weighted by Gasteiger charge is -2.46. The van der Waals surface area contributed by atoms with E-state index in [-0.39, 0.29) is 18.9 Å². The number of unbranched alkanes of at least 4 members (excludes halogenated alkanes) is 53. The van der Waals surface area contributed by atoms with Gasteiger partial charge in [0.05, 0.1) is 32.0 Å². The number of hydrogen-bond donors (Lipinski definition) is 9. The molecule has 0 aliphatic carbocycles. The van der Waals surface area contributed by atoms with Crippen molar-refractivity contribution in [2.75, 3.05) is 19.8 Å². The summed E-state index contributed by atoms with van der Waals surface area (Å²) in [5.41, 5.74) is 0. The minimum Gasteiger partial charge on any atom is -0.394 e. The second kappa shape index (κ2) is 66.4. The van der Waals surface area contributed by atoms with Gasteiger partial charge in [0.25, 0.3) is 0 Å². The number of aliphatic hydroxyl groups is 8. The van der Waals surface area contributed by atoms with Crippen molar-refractivity contribution in [3.63, 3.8) is 0 Å². The predicted octanol–water partition coefficient (Wildman–Crippen LogP) is 18.8. The van der Waals surface area contributed by atoms with Crippen LogP contribution in [0.15, 0.2) is 36.5 Å². The standard InChI is InChI=1S/C82H155NO13/c1-3-5-7-9-11-13-15-17-19-21-23-25-27-29-31-33-34-35-36-38-40-42-44-46-48-50-52-54-56-58-60-62-64-66-74(87)83-70(69-93-81-79(92)77(90)80(73(68-85)95-81)96-82-78(91)76(89)75(88)72(67-84)94-82)71(86)65-63-61-59-57-55-53-51-49-47-45-43-41-39-37-32-30-28-26-24-22-20-18-16-14-12-10-8-6-4-2/h21,23,55,57,63,65,70-73,75-82,84-86,88-92H,3-20,22,24-54,56,58-62,64,66-69H2,1-2H3,(H,83,87)/b23-21-,57-55+,65-63+. The van der Waals surface area contributed by atoms with Crippen LogP contribution in [0.4, 0.5) is 0 Å². The topological polar surface area (TPSA) is 228 Å². The Balaban J connectivity index is 1.61. The molecular weight excluding hydrogens is 1210 g/mol. The third kappa shape index (κ3) is 48.9. The van der Waals surface area contributed by atoms with Crippen molar-refractivity contribution in [1.29, 1.82) is 0 Å². The second-order valence-electron chi connectivity index (χ2n) is 29.2. The van der Waals surface area contributed by atoms with Gasteiger partial charge in [-0.3, -0.25) is 4.79 Å². The summed E-state index contributed by atoms with van der Waals surface area (Å²) in [5, 5.41) is 87.7. The molecule has 2 fully saturated rings. The molecule has 0 saturated carbocycles. The highest BCUT2D eigenvalue weighted by Gasteiger charge is 2.51. The Bertz CT molecular complexity index is 1750. The molecule has 2 saturated heterocycles. The smallest absolute Gasteiger partial charge is 0.220 e. The van der Waals surface area contributed by atoms with E-state index in [4.69, 9.17) is 18.9 Å². The molecule has 2 heterocycles. The van der Waals surface area contributed by atoms with Gasteiger partial charge in [0.15, 0.2) is 12.6 Å². The third-order valence-corrected chi connectivity index (χ3v) is 20.3. The van der Waals surface area contributed by atoms with Gasteiger partial charge in [0.1, 0.15) is 48.8 Å². The molecule has 14 nitrogen and oxygen atoms in total. The van der Waals surface area contributed by atoms with Crippen molar-refractivity contribution in [2.24, 2.45) is 0 Å². The summed E-state index contributed by atoms with van der Waals surface area (Å²) in [4.78, 5) is 13.4. The average molecular weight is 1360 g/mol. The van der Waals surface area contributed by atoms with Gasteiger partial charge in [-0.05, 0) is 57.8 Å². The van der Waals surface area contributed by atoms with Gasteiger partial charge >= 0.3 is 0 Å². The first-order valence-electron chi connectivity index (χ1n) is 41.2. The molecule has 566 valence electrons. The van der Waals surface area contributed by atoms with Crippen LogP contribution in [0.3, 0.4) is 0 Å². The van der Waals surface area contributed by atoms with E-state index in [2.05, 4.69) is 43.5 Å². The van der Waals surface area contributed by atoms with Crippen LogP contribution in [0.2, 0.25) is 0 Å². The first-order chi connectivity index (χ1) is 47.1. The zero-order valence-corrected chi connectivity index (χ0v) is 62.1. The molecule has 96 heavy (non-hydrogen) atoms. The van der Waals surface area contributed by atoms with E-state index in [9.17, 15) is 45.6 Å². The van der Waals surface area contributed by atoms with E-state index in [1.807, 2.05) is 6.08 Å². The number of hydrogen-bond acceptors (Lipinski definition) is 13. The van der Waals surface area contributed by atoms with Crippen LogP contribution in [0.5, 0.6) is 0 Å². The molecule has 12 atom stereocenters. The van der Waals surface area contributed by atoms with Gasteiger partial charge in [-0.1, -0.05) is 359 Å². The number of aliphatic hydroxyl groups excluding tert-OH is 8. The highest BCUT2D eigenvalue weighted by molar-refractivity contribution is 5.76. The van der Waals surface area contributed by atoms with E-state index >= 15 is 0 Å². The molecule has 9 N–H and O–H groups in total. The fourth-order valence-corrected chi connectivity index (χ4v) is 13.8. The third-order valence-electron chi connectivity index (χ3n) is 20.3. The fourth-order valence-electron chi connectivity index (χ4n) is 13.8. The van der Waals surface area contributed by atoms with E-state index < -0.39 is 86.8 Å². The number of allylic oxidation sites excluding steroid dienone is 5. The Morgan fingerprint density at radius 2 is 0.667 bits per heavy atom. The lowest BCUT2D eigenvalue weighted by molar-refractivity contribution is -0.359. The Morgan fingerprint density at radius 3 is 1.02 bits per heavy atom. The van der Waals surface area contributed by atoms with E-state index in [1.54, 1.807) is 6.08 Å². The first kappa shape index (κ1) is 90.3. The average Bonchev–Trinajstić information content (AvgIpc) is 0.812. The number of nitrogens with one attached hydrogen (secondary N) is 1. The lowest BCUT2D eigenvalue weighted by atomic mass is 9.97. The minimum atomic E-state index is -1.79. The highest BCUT2D eigenvalue weighted by Crippen LogP contribution is 2.30. The predicted molar refractivity (Wildman–Crippen MR) is 397 cm³/mol. The van der Waals surface area contributed by atoms with Crippen molar-refractivity contribution < 1.29 is 64.6 Å². The summed E-state index contributed by atoms with van der Waals surface area (Å²) < 4.78 is 22.9. The van der Waals surface area contributed by atoms with Crippen molar-refractivity contribution in [3.05, 3.63) is 36.5 Å².